The van der Waals surface area contributed by atoms with Crippen molar-refractivity contribution in [3.8, 4) is 10.6 Å². The fraction of sp³-hybridized carbons (Fsp3) is 0.364. The molecule has 92 valence electrons. The van der Waals surface area contributed by atoms with Gasteiger partial charge in [-0.3, -0.25) is 0 Å². The first-order chi connectivity index (χ1) is 8.20. The van der Waals surface area contributed by atoms with E-state index in [1.54, 1.807) is 17.5 Å². The highest BCUT2D eigenvalue weighted by Gasteiger charge is 2.11. The minimum Gasteiger partial charge on any atom is -0.438 e. The first kappa shape index (κ1) is 13.3. The number of nitrogens with one attached hydrogen (secondary N) is 1. The molecule has 0 aliphatic rings. The summed E-state index contributed by atoms with van der Waals surface area (Å²) < 4.78 is 7.79. The van der Waals surface area contributed by atoms with Crippen LogP contribution in [0.1, 0.15) is 19.2 Å². The minimum absolute atomic E-state index is 0.682. The van der Waals surface area contributed by atoms with Gasteiger partial charge < -0.3 is 9.73 Å². The normalized spacial score (nSPS) is 11.0. The van der Waals surface area contributed by atoms with Gasteiger partial charge in [0, 0.05) is 4.47 Å². The Labute approximate surface area is 121 Å². The van der Waals surface area contributed by atoms with E-state index in [4.69, 9.17) is 4.42 Å². The number of oxazole rings is 1. The smallest absolute Gasteiger partial charge is 0.208 e. The van der Waals surface area contributed by atoms with Crippen LogP contribution < -0.4 is 5.32 Å². The molecule has 0 aliphatic heterocycles. The molecule has 1 N–H and O–H groups in total. The Morgan fingerprint density at radius 1 is 1.47 bits per heavy atom. The topological polar surface area (TPSA) is 38.1 Å². The molecule has 0 aromatic carbocycles. The number of hydrogen-bond acceptors (Lipinski definition) is 4. The third-order valence-corrected chi connectivity index (χ3v) is 5.42. The molecule has 0 atom stereocenters. The van der Waals surface area contributed by atoms with Crippen LogP contribution in [0.4, 0.5) is 0 Å². The van der Waals surface area contributed by atoms with Gasteiger partial charge in [-0.2, -0.15) is 0 Å². The maximum atomic E-state index is 5.68. The average molecular weight is 380 g/mol. The van der Waals surface area contributed by atoms with Crippen LogP contribution in [0.15, 0.2) is 24.9 Å². The van der Waals surface area contributed by atoms with Crippen molar-refractivity contribution in [3.63, 3.8) is 0 Å². The Balaban J connectivity index is 2.07. The molecule has 2 aromatic rings. The van der Waals surface area contributed by atoms with Crippen molar-refractivity contribution < 1.29 is 4.42 Å². The van der Waals surface area contributed by atoms with Crippen molar-refractivity contribution in [2.24, 2.45) is 0 Å². The zero-order chi connectivity index (χ0) is 12.3. The third-order valence-electron chi connectivity index (χ3n) is 2.14. The summed E-state index contributed by atoms with van der Waals surface area (Å²) in [6.07, 6.45) is 2.88. The Kier molecular flexibility index (Phi) is 4.78. The molecule has 2 rings (SSSR count). The SMILES string of the molecule is CCCNCc1ncc(-c2cc(Br)c(Br)s2)o1. The molecule has 17 heavy (non-hydrogen) atoms. The molecule has 0 saturated carbocycles. The number of halogens is 2. The lowest BCUT2D eigenvalue weighted by atomic mass is 10.4. The second kappa shape index (κ2) is 6.13. The van der Waals surface area contributed by atoms with E-state index in [0.717, 1.165) is 37.8 Å². The Morgan fingerprint density at radius 3 is 2.94 bits per heavy atom. The van der Waals surface area contributed by atoms with Gasteiger partial charge in [0.1, 0.15) is 0 Å². The summed E-state index contributed by atoms with van der Waals surface area (Å²) in [5.41, 5.74) is 0. The largest absolute Gasteiger partial charge is 0.438 e. The van der Waals surface area contributed by atoms with Gasteiger partial charge >= 0.3 is 0 Å². The molecule has 2 aromatic heterocycles. The van der Waals surface area contributed by atoms with E-state index >= 15 is 0 Å². The highest BCUT2D eigenvalue weighted by atomic mass is 79.9. The number of nitrogens with zero attached hydrogens (tertiary/aromatic N) is 1. The second-order valence-electron chi connectivity index (χ2n) is 3.53. The van der Waals surface area contributed by atoms with Crippen LogP contribution in [0.3, 0.4) is 0 Å². The van der Waals surface area contributed by atoms with E-state index in [1.807, 2.05) is 6.07 Å². The summed E-state index contributed by atoms with van der Waals surface area (Å²) in [4.78, 5) is 5.32. The predicted molar refractivity (Wildman–Crippen MR) is 77.2 cm³/mol. The maximum absolute atomic E-state index is 5.68. The number of thiophene rings is 1. The average Bonchev–Trinajstić information content (AvgIpc) is 2.88. The van der Waals surface area contributed by atoms with Crippen LogP contribution >= 0.6 is 43.2 Å². The summed E-state index contributed by atoms with van der Waals surface area (Å²) in [5.74, 6) is 1.55. The molecule has 6 heteroatoms. The van der Waals surface area contributed by atoms with Gasteiger partial charge in [0.15, 0.2) is 5.76 Å². The third kappa shape index (κ3) is 3.40. The van der Waals surface area contributed by atoms with E-state index < -0.39 is 0 Å². The van der Waals surface area contributed by atoms with Crippen LogP contribution in [0.2, 0.25) is 0 Å². The van der Waals surface area contributed by atoms with Gasteiger partial charge in [-0.25, -0.2) is 4.98 Å². The Bertz CT molecular complexity index is 476. The zero-order valence-electron chi connectivity index (χ0n) is 9.30. The molecule has 0 radical (unpaired) electrons. The van der Waals surface area contributed by atoms with E-state index in [2.05, 4.69) is 49.1 Å². The summed E-state index contributed by atoms with van der Waals surface area (Å²) in [7, 11) is 0. The van der Waals surface area contributed by atoms with Crippen LogP contribution in [-0.4, -0.2) is 11.5 Å². The van der Waals surface area contributed by atoms with Gasteiger partial charge in [0.25, 0.3) is 0 Å². The first-order valence-electron chi connectivity index (χ1n) is 5.31. The first-order valence-corrected chi connectivity index (χ1v) is 7.71. The quantitative estimate of drug-likeness (QED) is 0.781. The van der Waals surface area contributed by atoms with Crippen LogP contribution in [0, 0.1) is 0 Å². The number of hydrogen-bond donors (Lipinski definition) is 1. The summed E-state index contributed by atoms with van der Waals surface area (Å²) in [6.45, 7) is 3.80. The molecular formula is C11H12Br2N2OS. The van der Waals surface area contributed by atoms with E-state index in [9.17, 15) is 0 Å². The van der Waals surface area contributed by atoms with Gasteiger partial charge in [-0.05, 0) is 50.9 Å². The van der Waals surface area contributed by atoms with Crippen molar-refractivity contribution in [3.05, 3.63) is 26.4 Å². The van der Waals surface area contributed by atoms with Crippen LogP contribution in [-0.2, 0) is 6.54 Å². The maximum Gasteiger partial charge on any atom is 0.208 e. The molecule has 3 nitrogen and oxygen atoms in total. The molecule has 0 unspecified atom stereocenters. The number of aromatic nitrogens is 1. The molecule has 2 heterocycles. The lowest BCUT2D eigenvalue weighted by Gasteiger charge is -1.97. The standard InChI is InChI=1S/C11H12Br2N2OS/c1-2-3-14-6-10-15-5-8(16-10)9-4-7(12)11(13)17-9/h4-5,14H,2-3,6H2,1H3. The summed E-state index contributed by atoms with van der Waals surface area (Å²) in [5, 5.41) is 3.26. The lowest BCUT2D eigenvalue weighted by Crippen LogP contribution is -2.13. The molecule has 0 spiro atoms. The van der Waals surface area contributed by atoms with Crippen LogP contribution in [0.25, 0.3) is 10.6 Å². The van der Waals surface area contributed by atoms with Crippen molar-refractivity contribution in [2.75, 3.05) is 6.54 Å². The number of rotatable bonds is 5. The molecule has 0 amide bonds. The van der Waals surface area contributed by atoms with Gasteiger partial charge in [-0.1, -0.05) is 6.92 Å². The Morgan fingerprint density at radius 2 is 2.29 bits per heavy atom. The molecule has 0 fully saturated rings. The predicted octanol–water partition coefficient (Wildman–Crippen LogP) is 4.43. The van der Waals surface area contributed by atoms with Crippen molar-refractivity contribution in [1.29, 1.82) is 0 Å². The van der Waals surface area contributed by atoms with E-state index in [0.29, 0.717) is 6.54 Å². The van der Waals surface area contributed by atoms with Gasteiger partial charge in [0.05, 0.1) is 21.4 Å². The minimum atomic E-state index is 0.682. The van der Waals surface area contributed by atoms with E-state index in [-0.39, 0.29) is 0 Å². The van der Waals surface area contributed by atoms with Crippen LogP contribution in [0.5, 0.6) is 0 Å². The fourth-order valence-electron chi connectivity index (χ4n) is 1.35. The molecular weight excluding hydrogens is 368 g/mol. The monoisotopic (exact) mass is 378 g/mol. The van der Waals surface area contributed by atoms with Gasteiger partial charge in [0.2, 0.25) is 5.89 Å². The lowest BCUT2D eigenvalue weighted by molar-refractivity contribution is 0.478. The molecule has 0 aliphatic carbocycles. The Hall–Kier alpha value is -0.170. The second-order valence-corrected chi connectivity index (χ2v) is 6.75. The summed E-state index contributed by atoms with van der Waals surface area (Å²) in [6, 6.07) is 2.03. The highest BCUT2D eigenvalue weighted by molar-refractivity contribution is 9.13. The van der Waals surface area contributed by atoms with Crippen molar-refractivity contribution in [1.82, 2.24) is 10.3 Å². The molecule has 0 saturated heterocycles. The van der Waals surface area contributed by atoms with Gasteiger partial charge in [-0.15, -0.1) is 11.3 Å². The highest BCUT2D eigenvalue weighted by Crippen LogP contribution is 2.38. The van der Waals surface area contributed by atoms with E-state index in [1.165, 1.54) is 0 Å². The van der Waals surface area contributed by atoms with Crippen molar-refractivity contribution in [2.45, 2.75) is 19.9 Å². The fourth-order valence-corrected chi connectivity index (χ4v) is 3.33. The zero-order valence-corrected chi connectivity index (χ0v) is 13.3. The summed E-state index contributed by atoms with van der Waals surface area (Å²) >= 11 is 8.55. The molecule has 0 bridgehead atoms. The van der Waals surface area contributed by atoms with Crippen molar-refractivity contribution >= 4 is 43.2 Å².